The van der Waals surface area contributed by atoms with Crippen LogP contribution in [0.4, 0.5) is 0 Å². The van der Waals surface area contributed by atoms with E-state index < -0.39 is 0 Å². The minimum absolute atomic E-state index is 0.243. The zero-order chi connectivity index (χ0) is 10.0. The zero-order valence-electron chi connectivity index (χ0n) is 8.07. The van der Waals surface area contributed by atoms with Crippen LogP contribution < -0.4 is 11.1 Å². The van der Waals surface area contributed by atoms with E-state index in [0.29, 0.717) is 5.82 Å². The molecule has 3 nitrogen and oxygen atoms in total. The van der Waals surface area contributed by atoms with Crippen LogP contribution in [0.2, 0.25) is 0 Å². The van der Waals surface area contributed by atoms with Crippen LogP contribution in [-0.2, 0) is 5.54 Å². The van der Waals surface area contributed by atoms with Crippen LogP contribution in [0, 0.1) is 0 Å². The predicted octanol–water partition coefficient (Wildman–Crippen LogP) is 1.26. The molecule has 3 heteroatoms. The van der Waals surface area contributed by atoms with Crippen molar-refractivity contribution in [2.45, 2.75) is 12.5 Å². The lowest BCUT2D eigenvalue weighted by Gasteiger charge is -2.31. The fourth-order valence-corrected chi connectivity index (χ4v) is 1.57. The molecule has 0 saturated carbocycles. The topological polar surface area (TPSA) is 50.9 Å². The molecule has 1 atom stereocenters. The van der Waals surface area contributed by atoms with Crippen LogP contribution in [0.3, 0.4) is 0 Å². The second kappa shape index (κ2) is 3.18. The summed E-state index contributed by atoms with van der Waals surface area (Å²) in [6, 6.07) is 3.95. The summed E-state index contributed by atoms with van der Waals surface area (Å²) < 4.78 is 0. The quantitative estimate of drug-likeness (QED) is 0.695. The van der Waals surface area contributed by atoms with Crippen LogP contribution in [-0.4, -0.2) is 4.98 Å². The molecule has 1 unspecified atom stereocenters. The zero-order valence-corrected chi connectivity index (χ0v) is 8.07. The third-order valence-corrected chi connectivity index (χ3v) is 2.37. The van der Waals surface area contributed by atoms with Gasteiger partial charge in [0.1, 0.15) is 0 Å². The standard InChI is InChI=1S/C11H13N3/c1-11(6-2-5-10(12)14-11)9-4-3-7-13-8-9/h2-8,14H,12H2,1H3. The molecule has 0 fully saturated rings. The number of nitrogens with two attached hydrogens (primary N) is 1. The number of dihydropyridines is 1. The minimum Gasteiger partial charge on any atom is -0.386 e. The predicted molar refractivity (Wildman–Crippen MR) is 56.1 cm³/mol. The van der Waals surface area contributed by atoms with E-state index in [1.54, 1.807) is 6.20 Å². The van der Waals surface area contributed by atoms with Gasteiger partial charge < -0.3 is 11.1 Å². The van der Waals surface area contributed by atoms with Crippen LogP contribution in [0.25, 0.3) is 0 Å². The average molecular weight is 187 g/mol. The van der Waals surface area contributed by atoms with Gasteiger partial charge in [-0.05, 0) is 24.6 Å². The third kappa shape index (κ3) is 1.48. The Morgan fingerprint density at radius 2 is 2.36 bits per heavy atom. The maximum Gasteiger partial charge on any atom is 0.0969 e. The molecule has 0 spiro atoms. The van der Waals surface area contributed by atoms with Crippen molar-refractivity contribution in [3.63, 3.8) is 0 Å². The van der Waals surface area contributed by atoms with Gasteiger partial charge in [-0.1, -0.05) is 18.2 Å². The molecule has 0 bridgehead atoms. The second-order valence-corrected chi connectivity index (χ2v) is 3.55. The minimum atomic E-state index is -0.243. The number of hydrogen-bond acceptors (Lipinski definition) is 3. The van der Waals surface area contributed by atoms with Gasteiger partial charge in [0.25, 0.3) is 0 Å². The summed E-state index contributed by atoms with van der Waals surface area (Å²) in [5, 5.41) is 3.22. The van der Waals surface area contributed by atoms with Crippen LogP contribution in [0.5, 0.6) is 0 Å². The van der Waals surface area contributed by atoms with Crippen molar-refractivity contribution in [3.05, 3.63) is 54.1 Å². The molecule has 0 amide bonds. The highest BCUT2D eigenvalue weighted by molar-refractivity contribution is 5.32. The van der Waals surface area contributed by atoms with Gasteiger partial charge in [0.15, 0.2) is 0 Å². The van der Waals surface area contributed by atoms with E-state index >= 15 is 0 Å². The van der Waals surface area contributed by atoms with E-state index in [1.807, 2.05) is 30.5 Å². The van der Waals surface area contributed by atoms with Gasteiger partial charge in [0.05, 0.1) is 11.4 Å². The summed E-state index contributed by atoms with van der Waals surface area (Å²) in [4.78, 5) is 4.10. The van der Waals surface area contributed by atoms with Crippen molar-refractivity contribution in [3.8, 4) is 0 Å². The molecule has 0 aromatic carbocycles. The van der Waals surface area contributed by atoms with Gasteiger partial charge in [-0.2, -0.15) is 0 Å². The Morgan fingerprint density at radius 1 is 1.50 bits per heavy atom. The summed E-state index contributed by atoms with van der Waals surface area (Å²) in [5.41, 5.74) is 6.59. The first-order valence-corrected chi connectivity index (χ1v) is 4.54. The fraction of sp³-hybridized carbons (Fsp3) is 0.182. The van der Waals surface area contributed by atoms with Gasteiger partial charge >= 0.3 is 0 Å². The number of pyridine rings is 1. The van der Waals surface area contributed by atoms with E-state index in [1.165, 1.54) is 0 Å². The molecule has 3 N–H and O–H groups in total. The highest BCUT2D eigenvalue weighted by Crippen LogP contribution is 2.24. The highest BCUT2D eigenvalue weighted by atomic mass is 15.1. The Bertz CT molecular complexity index is 381. The Kier molecular flexibility index (Phi) is 2.00. The lowest BCUT2D eigenvalue weighted by Crippen LogP contribution is -2.41. The normalized spacial score (nSPS) is 25.4. The summed E-state index contributed by atoms with van der Waals surface area (Å²) >= 11 is 0. The van der Waals surface area contributed by atoms with E-state index in [0.717, 1.165) is 5.56 Å². The van der Waals surface area contributed by atoms with Crippen molar-refractivity contribution in [1.82, 2.24) is 10.3 Å². The maximum atomic E-state index is 5.73. The van der Waals surface area contributed by atoms with Crippen LogP contribution in [0.1, 0.15) is 12.5 Å². The number of allylic oxidation sites excluding steroid dienone is 2. The molecular weight excluding hydrogens is 174 g/mol. The molecule has 72 valence electrons. The van der Waals surface area contributed by atoms with Crippen molar-refractivity contribution >= 4 is 0 Å². The molecule has 2 rings (SSSR count). The van der Waals surface area contributed by atoms with E-state index in [-0.39, 0.29) is 5.54 Å². The molecule has 0 aliphatic carbocycles. The molecule has 0 radical (unpaired) electrons. The van der Waals surface area contributed by atoms with E-state index in [4.69, 9.17) is 5.73 Å². The lowest BCUT2D eigenvalue weighted by molar-refractivity contribution is 0.497. The van der Waals surface area contributed by atoms with Crippen molar-refractivity contribution in [1.29, 1.82) is 0 Å². The summed E-state index contributed by atoms with van der Waals surface area (Å²) in [6.07, 6.45) is 9.48. The Balaban J connectivity index is 2.35. The second-order valence-electron chi connectivity index (χ2n) is 3.55. The summed E-state index contributed by atoms with van der Waals surface area (Å²) in [7, 11) is 0. The smallest absolute Gasteiger partial charge is 0.0969 e. The highest BCUT2D eigenvalue weighted by Gasteiger charge is 2.24. The third-order valence-electron chi connectivity index (χ3n) is 2.37. The van der Waals surface area contributed by atoms with Crippen molar-refractivity contribution < 1.29 is 0 Å². The first kappa shape index (κ1) is 8.81. The van der Waals surface area contributed by atoms with Crippen LogP contribution in [0.15, 0.2) is 48.6 Å². The first-order chi connectivity index (χ1) is 6.71. The first-order valence-electron chi connectivity index (χ1n) is 4.54. The van der Waals surface area contributed by atoms with Gasteiger partial charge in [-0.15, -0.1) is 0 Å². The Hall–Kier alpha value is -1.77. The van der Waals surface area contributed by atoms with Gasteiger partial charge in [0.2, 0.25) is 0 Å². The molecule has 1 aliphatic rings. The number of rotatable bonds is 1. The Morgan fingerprint density at radius 3 is 3.00 bits per heavy atom. The SMILES string of the molecule is CC1(c2cccnc2)C=CC=C(N)N1. The average Bonchev–Trinajstić information content (AvgIpc) is 2.19. The molecular formula is C11H13N3. The molecule has 0 saturated heterocycles. The number of aromatic nitrogens is 1. The molecule has 14 heavy (non-hydrogen) atoms. The van der Waals surface area contributed by atoms with Crippen molar-refractivity contribution in [2.24, 2.45) is 5.73 Å². The summed E-state index contributed by atoms with van der Waals surface area (Å²) in [5.74, 6) is 0.679. The maximum absolute atomic E-state index is 5.73. The fourth-order valence-electron chi connectivity index (χ4n) is 1.57. The van der Waals surface area contributed by atoms with Crippen molar-refractivity contribution in [2.75, 3.05) is 0 Å². The lowest BCUT2D eigenvalue weighted by atomic mass is 9.91. The molecule has 1 aromatic heterocycles. The Labute approximate surface area is 83.3 Å². The molecule has 1 aliphatic heterocycles. The number of nitrogens with zero attached hydrogens (tertiary/aromatic N) is 1. The molecule has 1 aromatic rings. The van der Waals surface area contributed by atoms with E-state index in [9.17, 15) is 0 Å². The monoisotopic (exact) mass is 187 g/mol. The van der Waals surface area contributed by atoms with Gasteiger partial charge in [0, 0.05) is 12.4 Å². The number of hydrogen-bond donors (Lipinski definition) is 2. The largest absolute Gasteiger partial charge is 0.386 e. The molecule has 2 heterocycles. The van der Waals surface area contributed by atoms with E-state index in [2.05, 4.69) is 23.3 Å². The van der Waals surface area contributed by atoms with Gasteiger partial charge in [-0.3, -0.25) is 4.98 Å². The van der Waals surface area contributed by atoms with Crippen LogP contribution >= 0.6 is 0 Å². The summed E-state index contributed by atoms with van der Waals surface area (Å²) in [6.45, 7) is 2.07. The number of nitrogens with one attached hydrogen (secondary N) is 1. The van der Waals surface area contributed by atoms with Gasteiger partial charge in [-0.25, -0.2) is 0 Å².